The van der Waals surface area contributed by atoms with E-state index in [1.54, 1.807) is 23.4 Å². The van der Waals surface area contributed by atoms with Crippen molar-refractivity contribution in [2.75, 3.05) is 26.2 Å². The minimum atomic E-state index is -0.0640. The number of aromatic amines is 1. The molecule has 0 spiro atoms. The van der Waals surface area contributed by atoms with Crippen molar-refractivity contribution in [1.82, 2.24) is 25.0 Å². The van der Waals surface area contributed by atoms with Crippen molar-refractivity contribution >= 4 is 11.8 Å². The molecule has 2 amide bonds. The van der Waals surface area contributed by atoms with Crippen LogP contribution in [0, 0.1) is 5.92 Å². The Kier molecular flexibility index (Phi) is 5.69. The molecule has 28 heavy (non-hydrogen) atoms. The third-order valence-corrected chi connectivity index (χ3v) is 5.95. The maximum absolute atomic E-state index is 12.8. The Morgan fingerprint density at radius 2 is 1.71 bits per heavy atom. The second-order valence-corrected chi connectivity index (χ2v) is 7.76. The summed E-state index contributed by atoms with van der Waals surface area (Å²) in [5.74, 6) is 0.910. The van der Waals surface area contributed by atoms with Crippen LogP contribution in [-0.2, 0) is 4.79 Å². The lowest BCUT2D eigenvalue weighted by molar-refractivity contribution is -0.133. The van der Waals surface area contributed by atoms with Gasteiger partial charge in [0.25, 0.3) is 5.91 Å². The third kappa shape index (κ3) is 4.24. The molecule has 1 N–H and O–H groups in total. The van der Waals surface area contributed by atoms with Crippen molar-refractivity contribution in [3.63, 3.8) is 0 Å². The fraction of sp³-hybridized carbons (Fsp3) is 0.524. The molecule has 0 aromatic carbocycles. The molecule has 0 atom stereocenters. The van der Waals surface area contributed by atoms with Crippen LogP contribution in [-0.4, -0.2) is 63.0 Å². The Balaban J connectivity index is 1.28. The minimum absolute atomic E-state index is 0.0640. The molecule has 148 valence electrons. The summed E-state index contributed by atoms with van der Waals surface area (Å²) in [6.45, 7) is 2.36. The van der Waals surface area contributed by atoms with Gasteiger partial charge in [0.2, 0.25) is 5.91 Å². The number of pyridine rings is 1. The monoisotopic (exact) mass is 381 g/mol. The van der Waals surface area contributed by atoms with E-state index in [1.165, 1.54) is 25.7 Å². The molecule has 7 nitrogen and oxygen atoms in total. The number of nitrogens with one attached hydrogen (secondary N) is 1. The Morgan fingerprint density at radius 3 is 2.43 bits per heavy atom. The van der Waals surface area contributed by atoms with Gasteiger partial charge in [0.05, 0.1) is 5.69 Å². The summed E-state index contributed by atoms with van der Waals surface area (Å²) in [6, 6.07) is 5.50. The van der Waals surface area contributed by atoms with Crippen molar-refractivity contribution in [2.45, 2.75) is 38.5 Å². The molecular weight excluding hydrogens is 354 g/mol. The molecule has 0 unspecified atom stereocenters. The molecule has 4 rings (SSSR count). The largest absolute Gasteiger partial charge is 0.339 e. The van der Waals surface area contributed by atoms with E-state index in [-0.39, 0.29) is 11.8 Å². The molecule has 3 heterocycles. The van der Waals surface area contributed by atoms with E-state index in [0.717, 1.165) is 23.6 Å². The van der Waals surface area contributed by atoms with Crippen LogP contribution >= 0.6 is 0 Å². The van der Waals surface area contributed by atoms with Crippen LogP contribution in [0.4, 0.5) is 0 Å². The molecule has 2 aliphatic rings. The molecule has 0 radical (unpaired) electrons. The molecule has 2 aromatic heterocycles. The number of carbonyl (C=O) groups is 2. The van der Waals surface area contributed by atoms with Crippen LogP contribution in [0.2, 0.25) is 0 Å². The van der Waals surface area contributed by atoms with E-state index in [2.05, 4.69) is 15.2 Å². The first kappa shape index (κ1) is 18.7. The maximum atomic E-state index is 12.8. The van der Waals surface area contributed by atoms with Gasteiger partial charge in [0.1, 0.15) is 5.69 Å². The van der Waals surface area contributed by atoms with Gasteiger partial charge in [-0.1, -0.05) is 25.7 Å². The number of aromatic nitrogens is 3. The standard InChI is InChI=1S/C21H27N5O2/c27-20(6-5-16-3-1-2-4-16)25-11-13-26(14-12-25)21(28)19-15-18(23-24-19)17-7-9-22-10-8-17/h7-10,15-16H,1-6,11-14H2,(H,23,24). The average molecular weight is 381 g/mol. The van der Waals surface area contributed by atoms with Crippen molar-refractivity contribution < 1.29 is 9.59 Å². The van der Waals surface area contributed by atoms with E-state index < -0.39 is 0 Å². The highest BCUT2D eigenvalue weighted by atomic mass is 16.2. The fourth-order valence-corrected chi connectivity index (χ4v) is 4.22. The minimum Gasteiger partial charge on any atom is -0.339 e. The Hall–Kier alpha value is -2.70. The lowest BCUT2D eigenvalue weighted by Gasteiger charge is -2.34. The first-order chi connectivity index (χ1) is 13.7. The average Bonchev–Trinajstić information content (AvgIpc) is 3.44. The number of carbonyl (C=O) groups excluding carboxylic acids is 2. The highest BCUT2D eigenvalue weighted by Crippen LogP contribution is 2.28. The molecule has 1 saturated heterocycles. The summed E-state index contributed by atoms with van der Waals surface area (Å²) in [5.41, 5.74) is 2.13. The molecule has 1 aliphatic heterocycles. The van der Waals surface area contributed by atoms with Crippen molar-refractivity contribution in [3.8, 4) is 11.3 Å². The van der Waals surface area contributed by atoms with Crippen molar-refractivity contribution in [3.05, 3.63) is 36.3 Å². The van der Waals surface area contributed by atoms with Crippen LogP contribution < -0.4 is 0 Å². The first-order valence-electron chi connectivity index (χ1n) is 10.2. The number of amides is 2. The molecule has 2 aromatic rings. The van der Waals surface area contributed by atoms with Gasteiger partial charge in [-0.15, -0.1) is 0 Å². The molecular formula is C21H27N5O2. The summed E-state index contributed by atoms with van der Waals surface area (Å²) >= 11 is 0. The zero-order valence-corrected chi connectivity index (χ0v) is 16.1. The van der Waals surface area contributed by atoms with Gasteiger partial charge in [-0.25, -0.2) is 0 Å². The Bertz CT molecular complexity index is 805. The molecule has 1 saturated carbocycles. The second kappa shape index (κ2) is 8.54. The number of nitrogens with zero attached hydrogens (tertiary/aromatic N) is 4. The van der Waals surface area contributed by atoms with Crippen molar-refractivity contribution in [1.29, 1.82) is 0 Å². The maximum Gasteiger partial charge on any atom is 0.272 e. The van der Waals surface area contributed by atoms with Gasteiger partial charge in [-0.05, 0) is 30.5 Å². The summed E-state index contributed by atoms with van der Waals surface area (Å²) in [5, 5.41) is 7.09. The van der Waals surface area contributed by atoms with Gasteiger partial charge in [-0.2, -0.15) is 5.10 Å². The second-order valence-electron chi connectivity index (χ2n) is 7.76. The van der Waals surface area contributed by atoms with Crippen LogP contribution in [0.15, 0.2) is 30.6 Å². The predicted molar refractivity (Wildman–Crippen MR) is 105 cm³/mol. The molecule has 2 fully saturated rings. The van der Waals surface area contributed by atoms with Crippen LogP contribution in [0.3, 0.4) is 0 Å². The van der Waals surface area contributed by atoms with E-state index in [9.17, 15) is 9.59 Å². The first-order valence-corrected chi connectivity index (χ1v) is 10.2. The molecule has 0 bridgehead atoms. The summed E-state index contributed by atoms with van der Waals surface area (Å²) in [7, 11) is 0. The number of piperazine rings is 1. The van der Waals surface area contributed by atoms with Gasteiger partial charge < -0.3 is 9.80 Å². The predicted octanol–water partition coefficient (Wildman–Crippen LogP) is 2.73. The number of H-pyrrole nitrogens is 1. The summed E-state index contributed by atoms with van der Waals surface area (Å²) < 4.78 is 0. The lowest BCUT2D eigenvalue weighted by Crippen LogP contribution is -2.50. The quantitative estimate of drug-likeness (QED) is 0.863. The number of hydrogen-bond acceptors (Lipinski definition) is 4. The third-order valence-electron chi connectivity index (χ3n) is 5.95. The molecule has 7 heteroatoms. The Labute approximate surface area is 165 Å². The lowest BCUT2D eigenvalue weighted by atomic mass is 10.0. The van der Waals surface area contributed by atoms with Crippen LogP contribution in [0.25, 0.3) is 11.3 Å². The fourth-order valence-electron chi connectivity index (χ4n) is 4.22. The van der Waals surface area contributed by atoms with Gasteiger partial charge in [0, 0.05) is 50.6 Å². The highest BCUT2D eigenvalue weighted by Gasteiger charge is 2.26. The van der Waals surface area contributed by atoms with E-state index >= 15 is 0 Å². The summed E-state index contributed by atoms with van der Waals surface area (Å²) in [6.07, 6.45) is 10.3. The highest BCUT2D eigenvalue weighted by molar-refractivity contribution is 5.93. The van der Waals surface area contributed by atoms with Gasteiger partial charge >= 0.3 is 0 Å². The SMILES string of the molecule is O=C(CCC1CCCC1)N1CCN(C(=O)c2cc(-c3ccncc3)n[nH]2)CC1. The Morgan fingerprint density at radius 1 is 1.04 bits per heavy atom. The van der Waals surface area contributed by atoms with E-state index in [4.69, 9.17) is 0 Å². The van der Waals surface area contributed by atoms with Crippen LogP contribution in [0.5, 0.6) is 0 Å². The normalized spacial score (nSPS) is 17.9. The van der Waals surface area contributed by atoms with Crippen molar-refractivity contribution in [2.24, 2.45) is 5.92 Å². The number of hydrogen-bond donors (Lipinski definition) is 1. The zero-order chi connectivity index (χ0) is 19.3. The molecule has 1 aliphatic carbocycles. The smallest absolute Gasteiger partial charge is 0.272 e. The number of rotatable bonds is 5. The van der Waals surface area contributed by atoms with Crippen LogP contribution in [0.1, 0.15) is 49.0 Å². The van der Waals surface area contributed by atoms with Gasteiger partial charge in [-0.3, -0.25) is 19.7 Å². The van der Waals surface area contributed by atoms with Gasteiger partial charge in [0.15, 0.2) is 0 Å². The summed E-state index contributed by atoms with van der Waals surface area (Å²) in [4.78, 5) is 32.9. The zero-order valence-electron chi connectivity index (χ0n) is 16.1. The van der Waals surface area contributed by atoms with E-state index in [0.29, 0.717) is 38.3 Å². The topological polar surface area (TPSA) is 82.2 Å². The van der Waals surface area contributed by atoms with E-state index in [1.807, 2.05) is 17.0 Å².